The molecule has 0 radical (unpaired) electrons. The number of hydrogen-bond donors (Lipinski definition) is 2. The first-order valence-corrected chi connectivity index (χ1v) is 7.25. The maximum Gasteiger partial charge on any atom is 0.413 e. The highest BCUT2D eigenvalue weighted by atomic mass is 16.6. The molecular weight excluding hydrogens is 312 g/mol. The van der Waals surface area contributed by atoms with Gasteiger partial charge >= 0.3 is 12.1 Å². The van der Waals surface area contributed by atoms with Crippen molar-refractivity contribution in [1.82, 2.24) is 4.90 Å². The van der Waals surface area contributed by atoms with E-state index < -0.39 is 12.1 Å². The van der Waals surface area contributed by atoms with Gasteiger partial charge in [-0.2, -0.15) is 0 Å². The molecule has 2 rings (SSSR count). The van der Waals surface area contributed by atoms with Crippen LogP contribution in [0.4, 0.5) is 4.79 Å². The molecule has 1 amide bonds. The molecule has 0 aliphatic carbocycles. The van der Waals surface area contributed by atoms with Gasteiger partial charge in [0.1, 0.15) is 19.0 Å². The smallest absolute Gasteiger partial charge is 0.413 e. The van der Waals surface area contributed by atoms with Crippen LogP contribution < -0.4 is 5.73 Å². The molecule has 126 valence electrons. The summed E-state index contributed by atoms with van der Waals surface area (Å²) >= 11 is 0. The summed E-state index contributed by atoms with van der Waals surface area (Å²) in [5.41, 5.74) is 6.24. The van der Waals surface area contributed by atoms with Crippen molar-refractivity contribution >= 4 is 12.1 Å². The highest BCUT2D eigenvalue weighted by Crippen LogP contribution is 2.09. The summed E-state index contributed by atoms with van der Waals surface area (Å²) in [6.45, 7) is 0.801. The van der Waals surface area contributed by atoms with Crippen LogP contribution in [0.5, 0.6) is 0 Å². The van der Waals surface area contributed by atoms with E-state index in [0.29, 0.717) is 13.2 Å². The molecule has 1 aliphatic rings. The summed E-state index contributed by atoms with van der Waals surface area (Å²) < 4.78 is 9.87. The summed E-state index contributed by atoms with van der Waals surface area (Å²) in [5.74, 6) is -0.912. The molecule has 7 heteroatoms. The molecule has 0 saturated carbocycles. The Hall–Kier alpha value is -3.22. The minimum absolute atomic E-state index is 0.00270. The number of benzene rings is 1. The van der Waals surface area contributed by atoms with Gasteiger partial charge in [0.25, 0.3) is 0 Å². The van der Waals surface area contributed by atoms with E-state index in [1.165, 1.54) is 17.2 Å². The molecule has 24 heavy (non-hydrogen) atoms. The highest BCUT2D eigenvalue weighted by molar-refractivity contribution is 5.91. The number of rotatable bonds is 6. The molecule has 0 aromatic heterocycles. The second-order valence-electron chi connectivity index (χ2n) is 4.88. The van der Waals surface area contributed by atoms with Crippen LogP contribution in [-0.2, 0) is 20.9 Å². The topological polar surface area (TPSA) is 102 Å². The Morgan fingerprint density at radius 1 is 1.38 bits per heavy atom. The van der Waals surface area contributed by atoms with E-state index in [9.17, 15) is 14.7 Å². The number of hydrogen-bond acceptors (Lipinski definition) is 6. The van der Waals surface area contributed by atoms with Crippen molar-refractivity contribution in [2.75, 3.05) is 13.2 Å². The van der Waals surface area contributed by atoms with Crippen molar-refractivity contribution < 1.29 is 24.2 Å². The molecule has 3 N–H and O–H groups in total. The number of amides is 1. The maximum absolute atomic E-state index is 12.0. The van der Waals surface area contributed by atoms with E-state index in [0.717, 1.165) is 17.8 Å². The molecule has 1 aromatic carbocycles. The van der Waals surface area contributed by atoms with Crippen LogP contribution in [0.1, 0.15) is 5.56 Å². The van der Waals surface area contributed by atoms with Crippen molar-refractivity contribution in [3.05, 3.63) is 71.8 Å². The Balaban J connectivity index is 1.93. The monoisotopic (exact) mass is 330 g/mol. The lowest BCUT2D eigenvalue weighted by atomic mass is 10.2. The van der Waals surface area contributed by atoms with E-state index in [1.54, 1.807) is 0 Å². The molecular formula is C17H18N2O5. The average Bonchev–Trinajstić information content (AvgIpc) is 3.01. The SMILES string of the molecule is N/C=C(/C=C(O)/C=C/N1CCOC1=O)C(=O)OCc1ccccc1. The van der Waals surface area contributed by atoms with Gasteiger partial charge in [-0.25, -0.2) is 9.59 Å². The second kappa shape index (κ2) is 8.42. The van der Waals surface area contributed by atoms with Crippen molar-refractivity contribution in [1.29, 1.82) is 0 Å². The largest absolute Gasteiger partial charge is 0.508 e. The van der Waals surface area contributed by atoms with Gasteiger partial charge in [-0.05, 0) is 17.7 Å². The lowest BCUT2D eigenvalue weighted by Crippen LogP contribution is -2.16. The van der Waals surface area contributed by atoms with E-state index in [2.05, 4.69) is 0 Å². The first-order valence-electron chi connectivity index (χ1n) is 7.25. The predicted octanol–water partition coefficient (Wildman–Crippen LogP) is 1.98. The van der Waals surface area contributed by atoms with E-state index in [-0.39, 0.29) is 17.9 Å². The zero-order valence-corrected chi connectivity index (χ0v) is 12.9. The molecule has 7 nitrogen and oxygen atoms in total. The number of carbonyl (C=O) groups is 2. The fraction of sp³-hybridized carbons (Fsp3) is 0.176. The van der Waals surface area contributed by atoms with Crippen LogP contribution in [0, 0.1) is 0 Å². The number of nitrogens with zero attached hydrogens (tertiary/aromatic N) is 1. The van der Waals surface area contributed by atoms with E-state index in [1.807, 2.05) is 30.3 Å². The molecule has 0 spiro atoms. The second-order valence-corrected chi connectivity index (χ2v) is 4.88. The number of ether oxygens (including phenoxy) is 2. The first-order chi connectivity index (χ1) is 11.6. The maximum atomic E-state index is 12.0. The van der Waals surface area contributed by atoms with E-state index in [4.69, 9.17) is 15.2 Å². The molecule has 1 aliphatic heterocycles. The number of aliphatic hydroxyl groups is 1. The number of aliphatic hydroxyl groups excluding tert-OH is 1. The van der Waals surface area contributed by atoms with Gasteiger partial charge in [0.15, 0.2) is 0 Å². The zero-order chi connectivity index (χ0) is 17.4. The van der Waals surface area contributed by atoms with Crippen LogP contribution in [0.15, 0.2) is 66.2 Å². The van der Waals surface area contributed by atoms with E-state index >= 15 is 0 Å². The normalized spacial score (nSPS) is 15.7. The third-order valence-electron chi connectivity index (χ3n) is 3.15. The first kappa shape index (κ1) is 17.1. The number of cyclic esters (lactones) is 1. The summed E-state index contributed by atoms with van der Waals surface area (Å²) in [7, 11) is 0. The summed E-state index contributed by atoms with van der Waals surface area (Å²) in [6, 6.07) is 9.18. The molecule has 0 unspecified atom stereocenters. The average molecular weight is 330 g/mol. The van der Waals surface area contributed by atoms with Gasteiger partial charge in [-0.3, -0.25) is 4.90 Å². The summed E-state index contributed by atoms with van der Waals surface area (Å²) in [4.78, 5) is 24.5. The summed E-state index contributed by atoms with van der Waals surface area (Å²) in [5, 5.41) is 9.82. The summed E-state index contributed by atoms with van der Waals surface area (Å²) in [6.07, 6.45) is 4.34. The molecule has 0 atom stereocenters. The fourth-order valence-electron chi connectivity index (χ4n) is 1.90. The Morgan fingerprint density at radius 2 is 2.12 bits per heavy atom. The zero-order valence-electron chi connectivity index (χ0n) is 12.9. The minimum atomic E-state index is -0.665. The molecule has 1 heterocycles. The third kappa shape index (κ3) is 4.91. The van der Waals surface area contributed by atoms with Gasteiger partial charge in [-0.15, -0.1) is 0 Å². The van der Waals surface area contributed by atoms with Crippen LogP contribution in [-0.4, -0.2) is 35.2 Å². The van der Waals surface area contributed by atoms with Crippen LogP contribution in [0.25, 0.3) is 0 Å². The Labute approximate surface area is 139 Å². The highest BCUT2D eigenvalue weighted by Gasteiger charge is 2.19. The minimum Gasteiger partial charge on any atom is -0.508 e. The number of nitrogens with two attached hydrogens (primary N) is 1. The van der Waals surface area contributed by atoms with Gasteiger partial charge < -0.3 is 20.3 Å². The predicted molar refractivity (Wildman–Crippen MR) is 86.4 cm³/mol. The Bertz CT molecular complexity index is 679. The van der Waals surface area contributed by atoms with Crippen LogP contribution in [0.2, 0.25) is 0 Å². The van der Waals surface area contributed by atoms with Crippen molar-refractivity contribution in [2.24, 2.45) is 5.73 Å². The molecule has 1 saturated heterocycles. The number of esters is 1. The molecule has 1 aromatic rings. The van der Waals surface area contributed by atoms with Crippen molar-refractivity contribution in [3.8, 4) is 0 Å². The van der Waals surface area contributed by atoms with Crippen LogP contribution >= 0.6 is 0 Å². The lowest BCUT2D eigenvalue weighted by Gasteiger charge is -2.06. The van der Waals surface area contributed by atoms with Crippen molar-refractivity contribution in [2.45, 2.75) is 6.61 Å². The lowest BCUT2D eigenvalue weighted by molar-refractivity contribution is -0.139. The van der Waals surface area contributed by atoms with Gasteiger partial charge in [0.2, 0.25) is 0 Å². The van der Waals surface area contributed by atoms with Gasteiger partial charge in [0.05, 0.1) is 12.1 Å². The third-order valence-corrected chi connectivity index (χ3v) is 3.15. The van der Waals surface area contributed by atoms with Crippen LogP contribution in [0.3, 0.4) is 0 Å². The molecule has 0 bridgehead atoms. The molecule has 1 fully saturated rings. The van der Waals surface area contributed by atoms with Gasteiger partial charge in [0, 0.05) is 12.4 Å². The van der Waals surface area contributed by atoms with Crippen molar-refractivity contribution in [3.63, 3.8) is 0 Å². The standard InChI is InChI=1S/C17H18N2O5/c18-11-14(16(21)24-12-13-4-2-1-3-5-13)10-15(20)6-7-19-8-9-23-17(19)22/h1-7,10-11,20H,8-9,12,18H2/b7-6+,14-11-,15-10-. The van der Waals surface area contributed by atoms with Gasteiger partial charge in [-0.1, -0.05) is 30.3 Å². The number of carbonyl (C=O) groups excluding carboxylic acids is 2. The number of allylic oxidation sites excluding steroid dienone is 1. The Morgan fingerprint density at radius 3 is 2.75 bits per heavy atom. The Kier molecular flexibility index (Phi) is 6.01. The quantitative estimate of drug-likeness (QED) is 0.358. The fourth-order valence-corrected chi connectivity index (χ4v) is 1.90.